The van der Waals surface area contributed by atoms with E-state index in [2.05, 4.69) is 0 Å². The van der Waals surface area contributed by atoms with Crippen LogP contribution in [0.5, 0.6) is 0 Å². The van der Waals surface area contributed by atoms with Gasteiger partial charge in [0.05, 0.1) is 18.8 Å². The summed E-state index contributed by atoms with van der Waals surface area (Å²) in [6.45, 7) is 2.38. The normalized spacial score (nSPS) is 25.2. The van der Waals surface area contributed by atoms with Crippen LogP contribution in [-0.4, -0.2) is 31.0 Å². The Balaban J connectivity index is 1.83. The van der Waals surface area contributed by atoms with Crippen molar-refractivity contribution in [1.82, 2.24) is 0 Å². The first-order valence-corrected chi connectivity index (χ1v) is 7.08. The maximum atomic E-state index is 10.2. The predicted octanol–water partition coefficient (Wildman–Crippen LogP) is 3.00. The van der Waals surface area contributed by atoms with E-state index in [0.29, 0.717) is 12.7 Å². The molecule has 3 nitrogen and oxygen atoms in total. The molecule has 1 fully saturated rings. The molecule has 0 radical (unpaired) electrons. The molecule has 3 atom stereocenters. The molecule has 0 aromatic heterocycles. The molecule has 0 bridgehead atoms. The molecule has 3 heteroatoms. The second-order valence-electron chi connectivity index (χ2n) is 5.35. The zero-order valence-electron chi connectivity index (χ0n) is 11.8. The third kappa shape index (κ3) is 4.03. The van der Waals surface area contributed by atoms with Crippen LogP contribution in [-0.2, 0) is 9.47 Å². The number of aliphatic hydroxyl groups is 1. The molecule has 106 valence electrons. The minimum Gasteiger partial charge on any atom is -0.386 e. The zero-order chi connectivity index (χ0) is 13.7. The van der Waals surface area contributed by atoms with Crippen LogP contribution >= 0.6 is 0 Å². The zero-order valence-corrected chi connectivity index (χ0v) is 11.8. The van der Waals surface area contributed by atoms with E-state index in [-0.39, 0.29) is 6.10 Å². The number of benzene rings is 1. The lowest BCUT2D eigenvalue weighted by Crippen LogP contribution is -2.28. The van der Waals surface area contributed by atoms with E-state index >= 15 is 0 Å². The number of methoxy groups -OCH3 is 1. The van der Waals surface area contributed by atoms with E-state index < -0.39 is 6.10 Å². The minimum atomic E-state index is -0.538. The van der Waals surface area contributed by atoms with Gasteiger partial charge in [-0.05, 0) is 43.7 Å². The summed E-state index contributed by atoms with van der Waals surface area (Å²) in [7, 11) is 1.76. The highest BCUT2D eigenvalue weighted by molar-refractivity contribution is 5.27. The Kier molecular flexibility index (Phi) is 5.37. The first-order chi connectivity index (χ1) is 9.20. The van der Waals surface area contributed by atoms with Gasteiger partial charge >= 0.3 is 0 Å². The van der Waals surface area contributed by atoms with E-state index in [1.165, 1.54) is 0 Å². The lowest BCUT2D eigenvalue weighted by molar-refractivity contribution is -0.0571. The highest BCUT2D eigenvalue weighted by atomic mass is 16.5. The second kappa shape index (κ2) is 7.04. The van der Waals surface area contributed by atoms with Crippen LogP contribution in [0.2, 0.25) is 0 Å². The van der Waals surface area contributed by atoms with Gasteiger partial charge in [0.2, 0.25) is 0 Å². The molecule has 1 aliphatic carbocycles. The van der Waals surface area contributed by atoms with Crippen molar-refractivity contribution in [3.8, 4) is 0 Å². The van der Waals surface area contributed by atoms with Crippen molar-refractivity contribution in [1.29, 1.82) is 0 Å². The second-order valence-corrected chi connectivity index (χ2v) is 5.35. The molecule has 1 saturated carbocycles. The highest BCUT2D eigenvalue weighted by Gasteiger charge is 2.23. The lowest BCUT2D eigenvalue weighted by Gasteiger charge is -2.29. The average molecular weight is 264 g/mol. The molecule has 1 N–H and O–H groups in total. The SMILES string of the molecule is COC1CCCC(OCC(O)c2ccccc2C)C1. The van der Waals surface area contributed by atoms with Gasteiger partial charge in [0.25, 0.3) is 0 Å². The van der Waals surface area contributed by atoms with E-state index in [4.69, 9.17) is 9.47 Å². The quantitative estimate of drug-likeness (QED) is 0.888. The van der Waals surface area contributed by atoms with Gasteiger partial charge in [-0.3, -0.25) is 0 Å². The van der Waals surface area contributed by atoms with E-state index in [1.54, 1.807) is 7.11 Å². The smallest absolute Gasteiger partial charge is 0.103 e. The Morgan fingerprint density at radius 1 is 1.26 bits per heavy atom. The summed E-state index contributed by atoms with van der Waals surface area (Å²) >= 11 is 0. The Labute approximate surface area is 115 Å². The molecule has 0 aliphatic heterocycles. The van der Waals surface area contributed by atoms with Crippen LogP contribution in [0.25, 0.3) is 0 Å². The van der Waals surface area contributed by atoms with Gasteiger partial charge in [0, 0.05) is 7.11 Å². The third-order valence-corrected chi connectivity index (χ3v) is 3.95. The average Bonchev–Trinajstić information content (AvgIpc) is 2.45. The Morgan fingerprint density at radius 2 is 2.00 bits per heavy atom. The minimum absolute atomic E-state index is 0.220. The van der Waals surface area contributed by atoms with Crippen molar-refractivity contribution in [3.05, 3.63) is 35.4 Å². The van der Waals surface area contributed by atoms with Gasteiger partial charge in [0.15, 0.2) is 0 Å². The standard InChI is InChI=1S/C16H24O3/c1-12-6-3-4-9-15(12)16(17)11-19-14-8-5-7-13(10-14)18-2/h3-4,6,9,13-14,16-17H,5,7-8,10-11H2,1-2H3. The number of hydrogen-bond acceptors (Lipinski definition) is 3. The van der Waals surface area contributed by atoms with Gasteiger partial charge in [-0.15, -0.1) is 0 Å². The molecule has 0 saturated heterocycles. The first-order valence-electron chi connectivity index (χ1n) is 7.08. The number of ether oxygens (including phenoxy) is 2. The summed E-state index contributed by atoms with van der Waals surface area (Å²) in [5, 5.41) is 10.2. The maximum Gasteiger partial charge on any atom is 0.103 e. The van der Waals surface area contributed by atoms with Gasteiger partial charge in [0.1, 0.15) is 6.10 Å². The highest BCUT2D eigenvalue weighted by Crippen LogP contribution is 2.25. The van der Waals surface area contributed by atoms with Crippen molar-refractivity contribution in [2.24, 2.45) is 0 Å². The monoisotopic (exact) mass is 264 g/mol. The van der Waals surface area contributed by atoms with Crippen LogP contribution in [0.15, 0.2) is 24.3 Å². The number of rotatable bonds is 5. The van der Waals surface area contributed by atoms with Crippen molar-refractivity contribution >= 4 is 0 Å². The van der Waals surface area contributed by atoms with Gasteiger partial charge in [-0.25, -0.2) is 0 Å². The molecule has 1 aliphatic rings. The fourth-order valence-electron chi connectivity index (χ4n) is 2.75. The van der Waals surface area contributed by atoms with Crippen LogP contribution in [0.3, 0.4) is 0 Å². The van der Waals surface area contributed by atoms with Crippen LogP contribution in [0, 0.1) is 6.92 Å². The third-order valence-electron chi connectivity index (χ3n) is 3.95. The van der Waals surface area contributed by atoms with Gasteiger partial charge < -0.3 is 14.6 Å². The number of aryl methyl sites for hydroxylation is 1. The van der Waals surface area contributed by atoms with Crippen molar-refractivity contribution in [2.75, 3.05) is 13.7 Å². The number of aliphatic hydroxyl groups excluding tert-OH is 1. The topological polar surface area (TPSA) is 38.7 Å². The predicted molar refractivity (Wildman–Crippen MR) is 75.1 cm³/mol. The molecule has 0 heterocycles. The first kappa shape index (κ1) is 14.5. The van der Waals surface area contributed by atoms with E-state index in [9.17, 15) is 5.11 Å². The van der Waals surface area contributed by atoms with Crippen LogP contribution in [0.1, 0.15) is 42.9 Å². The van der Waals surface area contributed by atoms with Crippen molar-refractivity contribution in [2.45, 2.75) is 50.9 Å². The molecule has 0 spiro atoms. The van der Waals surface area contributed by atoms with Crippen LogP contribution < -0.4 is 0 Å². The van der Waals surface area contributed by atoms with Gasteiger partial charge in [-0.2, -0.15) is 0 Å². The van der Waals surface area contributed by atoms with E-state index in [0.717, 1.165) is 36.8 Å². The molecule has 19 heavy (non-hydrogen) atoms. The Hall–Kier alpha value is -0.900. The molecule has 1 aromatic rings. The largest absolute Gasteiger partial charge is 0.386 e. The molecule has 2 rings (SSSR count). The summed E-state index contributed by atoms with van der Waals surface area (Å²) in [5.41, 5.74) is 2.07. The van der Waals surface area contributed by atoms with Gasteiger partial charge in [-0.1, -0.05) is 24.3 Å². The van der Waals surface area contributed by atoms with Crippen LogP contribution in [0.4, 0.5) is 0 Å². The maximum absolute atomic E-state index is 10.2. The van der Waals surface area contributed by atoms with Crippen molar-refractivity contribution in [3.63, 3.8) is 0 Å². The van der Waals surface area contributed by atoms with Crippen molar-refractivity contribution < 1.29 is 14.6 Å². The summed E-state index contributed by atoms with van der Waals surface area (Å²) < 4.78 is 11.2. The molecular formula is C16H24O3. The summed E-state index contributed by atoms with van der Waals surface area (Å²) in [4.78, 5) is 0. The molecule has 1 aromatic carbocycles. The lowest BCUT2D eigenvalue weighted by atomic mass is 9.95. The fourth-order valence-corrected chi connectivity index (χ4v) is 2.75. The summed E-state index contributed by atoms with van der Waals surface area (Å²) in [6, 6.07) is 7.91. The summed E-state index contributed by atoms with van der Waals surface area (Å²) in [6.07, 6.45) is 4.27. The van der Waals surface area contributed by atoms with E-state index in [1.807, 2.05) is 31.2 Å². The number of hydrogen-bond donors (Lipinski definition) is 1. The molecule has 3 unspecified atom stereocenters. The molecule has 0 amide bonds. The Morgan fingerprint density at radius 3 is 2.74 bits per heavy atom. The Bertz CT molecular complexity index is 391. The molecular weight excluding hydrogens is 240 g/mol. The summed E-state index contributed by atoms with van der Waals surface area (Å²) in [5.74, 6) is 0. The fraction of sp³-hybridized carbons (Fsp3) is 0.625.